The van der Waals surface area contributed by atoms with Gasteiger partial charge in [-0.25, -0.2) is 9.37 Å². The number of rotatable bonds is 8. The second-order valence-electron chi connectivity index (χ2n) is 7.93. The Kier molecular flexibility index (Phi) is 7.25. The van der Waals surface area contributed by atoms with Crippen LogP contribution in [0.5, 0.6) is 11.5 Å². The Morgan fingerprint density at radius 2 is 1.91 bits per heavy atom. The van der Waals surface area contributed by atoms with Crippen LogP contribution in [0.15, 0.2) is 41.8 Å². The molecule has 0 radical (unpaired) electrons. The van der Waals surface area contributed by atoms with Crippen LogP contribution in [0.25, 0.3) is 10.6 Å². The van der Waals surface area contributed by atoms with Gasteiger partial charge in [0.1, 0.15) is 10.8 Å². The Balaban J connectivity index is 1.37. The van der Waals surface area contributed by atoms with Gasteiger partial charge in [0.25, 0.3) is 0 Å². The molecule has 1 fully saturated rings. The molecule has 6 nitrogen and oxygen atoms in total. The van der Waals surface area contributed by atoms with Crippen molar-refractivity contribution in [2.75, 3.05) is 44.8 Å². The monoisotopic (exact) mass is 469 g/mol. The Morgan fingerprint density at radius 1 is 1.12 bits per heavy atom. The second kappa shape index (κ2) is 10.3. The molecule has 0 amide bonds. The van der Waals surface area contributed by atoms with Gasteiger partial charge in [0.15, 0.2) is 17.3 Å². The SMILES string of the molecule is CCOc1ccc(-c2nc(CN3CCN(c4ccc(C(C)=O)cc4F)CC3)cs2)cc1OC. The summed E-state index contributed by atoms with van der Waals surface area (Å²) < 4.78 is 25.5. The Bertz CT molecular complexity index is 1130. The molecule has 1 aliphatic heterocycles. The van der Waals surface area contributed by atoms with Crippen LogP contribution in [-0.4, -0.2) is 55.6 Å². The van der Waals surface area contributed by atoms with Gasteiger partial charge in [0, 0.05) is 49.2 Å². The highest BCUT2D eigenvalue weighted by atomic mass is 32.1. The quantitative estimate of drug-likeness (QED) is 0.438. The van der Waals surface area contributed by atoms with Crippen LogP contribution >= 0.6 is 11.3 Å². The Morgan fingerprint density at radius 3 is 2.58 bits per heavy atom. The third-order valence-electron chi connectivity index (χ3n) is 5.71. The maximum absolute atomic E-state index is 14.5. The maximum atomic E-state index is 14.5. The third-order valence-corrected chi connectivity index (χ3v) is 6.66. The van der Waals surface area contributed by atoms with Crippen molar-refractivity contribution in [3.63, 3.8) is 0 Å². The number of halogens is 1. The number of Topliss-reactive ketones (excluding diaryl/α,β-unsaturated/α-hetero) is 1. The van der Waals surface area contributed by atoms with Gasteiger partial charge in [-0.2, -0.15) is 0 Å². The number of benzene rings is 2. The standard InChI is InChI=1S/C25H28FN3O3S/c1-4-32-23-8-6-19(14-24(23)31-3)25-27-20(16-33-25)15-28-9-11-29(12-10-28)22-7-5-18(17(2)30)13-21(22)26/h5-8,13-14,16H,4,9-12,15H2,1-3H3. The second-order valence-corrected chi connectivity index (χ2v) is 8.79. The van der Waals surface area contributed by atoms with Gasteiger partial charge in [-0.1, -0.05) is 0 Å². The first-order chi connectivity index (χ1) is 16.0. The molecule has 33 heavy (non-hydrogen) atoms. The normalized spacial score (nSPS) is 14.4. The third kappa shape index (κ3) is 5.34. The highest BCUT2D eigenvalue weighted by molar-refractivity contribution is 7.13. The minimum absolute atomic E-state index is 0.128. The number of hydrogen-bond donors (Lipinski definition) is 0. The molecule has 2 aromatic carbocycles. The molecule has 1 saturated heterocycles. The fourth-order valence-electron chi connectivity index (χ4n) is 3.95. The highest BCUT2D eigenvalue weighted by Crippen LogP contribution is 2.34. The van der Waals surface area contributed by atoms with E-state index in [9.17, 15) is 9.18 Å². The topological polar surface area (TPSA) is 54.9 Å². The molecule has 0 bridgehead atoms. The van der Waals surface area contributed by atoms with Crippen molar-refractivity contribution in [1.29, 1.82) is 0 Å². The zero-order valence-electron chi connectivity index (χ0n) is 19.1. The van der Waals surface area contributed by atoms with E-state index in [-0.39, 0.29) is 11.6 Å². The predicted octanol–water partition coefficient (Wildman–Crippen LogP) is 4.88. The zero-order valence-corrected chi connectivity index (χ0v) is 20.0. The maximum Gasteiger partial charge on any atom is 0.161 e. The summed E-state index contributed by atoms with van der Waals surface area (Å²) in [7, 11) is 1.64. The molecule has 1 aliphatic rings. The number of carbonyl (C=O) groups is 1. The van der Waals surface area contributed by atoms with E-state index in [1.807, 2.05) is 30.0 Å². The van der Waals surface area contributed by atoms with Crippen molar-refractivity contribution in [1.82, 2.24) is 9.88 Å². The number of ketones is 1. The number of piperazine rings is 1. The van der Waals surface area contributed by atoms with Crippen molar-refractivity contribution in [3.05, 3.63) is 58.9 Å². The van der Waals surface area contributed by atoms with Crippen LogP contribution in [0.2, 0.25) is 0 Å². The minimum Gasteiger partial charge on any atom is -0.493 e. The Labute approximate surface area is 197 Å². The van der Waals surface area contributed by atoms with Crippen molar-refractivity contribution >= 4 is 22.8 Å². The highest BCUT2D eigenvalue weighted by Gasteiger charge is 2.21. The van der Waals surface area contributed by atoms with Gasteiger partial charge < -0.3 is 14.4 Å². The fourth-order valence-corrected chi connectivity index (χ4v) is 4.75. The van der Waals surface area contributed by atoms with E-state index in [2.05, 4.69) is 10.3 Å². The van der Waals surface area contributed by atoms with Crippen LogP contribution in [0.1, 0.15) is 29.9 Å². The summed E-state index contributed by atoms with van der Waals surface area (Å²) in [6.07, 6.45) is 0. The number of hydrogen-bond acceptors (Lipinski definition) is 7. The lowest BCUT2D eigenvalue weighted by Gasteiger charge is -2.36. The molecule has 0 saturated carbocycles. The van der Waals surface area contributed by atoms with E-state index < -0.39 is 0 Å². The predicted molar refractivity (Wildman–Crippen MR) is 129 cm³/mol. The van der Waals surface area contributed by atoms with Crippen LogP contribution in [-0.2, 0) is 6.54 Å². The molecule has 0 unspecified atom stereocenters. The molecule has 0 N–H and O–H groups in total. The molecule has 1 aromatic heterocycles. The summed E-state index contributed by atoms with van der Waals surface area (Å²) in [5.41, 5.74) is 2.98. The lowest BCUT2D eigenvalue weighted by Crippen LogP contribution is -2.46. The number of ether oxygens (including phenoxy) is 2. The number of thiazole rings is 1. The largest absolute Gasteiger partial charge is 0.493 e. The van der Waals surface area contributed by atoms with Crippen LogP contribution in [0, 0.1) is 5.82 Å². The average molecular weight is 470 g/mol. The first-order valence-corrected chi connectivity index (χ1v) is 11.9. The van der Waals surface area contributed by atoms with E-state index in [1.165, 1.54) is 13.0 Å². The van der Waals surface area contributed by atoms with E-state index in [0.717, 1.165) is 54.7 Å². The summed E-state index contributed by atoms with van der Waals surface area (Å²) in [5.74, 6) is 0.958. The molecule has 4 rings (SSSR count). The molecule has 0 aliphatic carbocycles. The molecule has 3 aromatic rings. The van der Waals surface area contributed by atoms with Crippen molar-refractivity contribution in [2.24, 2.45) is 0 Å². The molecule has 0 atom stereocenters. The summed E-state index contributed by atoms with van der Waals surface area (Å²) in [6.45, 7) is 7.82. The van der Waals surface area contributed by atoms with E-state index in [1.54, 1.807) is 30.6 Å². The zero-order chi connectivity index (χ0) is 23.4. The number of nitrogens with zero attached hydrogens (tertiary/aromatic N) is 3. The van der Waals surface area contributed by atoms with E-state index >= 15 is 0 Å². The van der Waals surface area contributed by atoms with Gasteiger partial charge in [0.2, 0.25) is 0 Å². The number of carbonyl (C=O) groups excluding carboxylic acids is 1. The average Bonchev–Trinajstić information content (AvgIpc) is 3.28. The van der Waals surface area contributed by atoms with Gasteiger partial charge in [0.05, 0.1) is 25.1 Å². The van der Waals surface area contributed by atoms with Crippen LogP contribution in [0.3, 0.4) is 0 Å². The molecule has 8 heteroatoms. The summed E-state index contributed by atoms with van der Waals surface area (Å²) in [6, 6.07) is 10.6. The van der Waals surface area contributed by atoms with E-state index in [0.29, 0.717) is 23.6 Å². The Hall–Kier alpha value is -2.97. The number of methoxy groups -OCH3 is 1. The van der Waals surface area contributed by atoms with Crippen molar-refractivity contribution in [3.8, 4) is 22.1 Å². The van der Waals surface area contributed by atoms with Crippen LogP contribution < -0.4 is 14.4 Å². The summed E-state index contributed by atoms with van der Waals surface area (Å²) in [5, 5.41) is 3.03. The molecular weight excluding hydrogens is 441 g/mol. The van der Waals surface area contributed by atoms with Gasteiger partial charge in [-0.3, -0.25) is 9.69 Å². The minimum atomic E-state index is -0.342. The fraction of sp³-hybridized carbons (Fsp3) is 0.360. The van der Waals surface area contributed by atoms with E-state index in [4.69, 9.17) is 14.5 Å². The first kappa shape index (κ1) is 23.2. The first-order valence-electron chi connectivity index (χ1n) is 11.0. The molecule has 174 valence electrons. The van der Waals surface area contributed by atoms with Crippen molar-refractivity contribution in [2.45, 2.75) is 20.4 Å². The molecule has 2 heterocycles. The van der Waals surface area contributed by atoms with Gasteiger partial charge >= 0.3 is 0 Å². The number of anilines is 1. The number of aromatic nitrogens is 1. The molecular formula is C25H28FN3O3S. The van der Waals surface area contributed by atoms with Gasteiger partial charge in [-0.05, 0) is 50.2 Å². The van der Waals surface area contributed by atoms with Crippen LogP contribution in [0.4, 0.5) is 10.1 Å². The van der Waals surface area contributed by atoms with Crippen molar-refractivity contribution < 1.29 is 18.7 Å². The van der Waals surface area contributed by atoms with Gasteiger partial charge in [-0.15, -0.1) is 11.3 Å². The molecule has 0 spiro atoms. The summed E-state index contributed by atoms with van der Waals surface area (Å²) >= 11 is 1.61. The lowest BCUT2D eigenvalue weighted by molar-refractivity contribution is 0.101. The lowest BCUT2D eigenvalue weighted by atomic mass is 10.1. The summed E-state index contributed by atoms with van der Waals surface area (Å²) in [4.78, 5) is 20.6. The smallest absolute Gasteiger partial charge is 0.161 e.